The summed E-state index contributed by atoms with van der Waals surface area (Å²) in [6.45, 7) is 8.61. The summed E-state index contributed by atoms with van der Waals surface area (Å²) < 4.78 is 47.8. The van der Waals surface area contributed by atoms with Crippen molar-refractivity contribution in [3.63, 3.8) is 0 Å². The molecular weight excluding hydrogens is 435 g/mol. The Morgan fingerprint density at radius 3 is 2.81 bits per heavy atom. The number of benzene rings is 1. The summed E-state index contributed by atoms with van der Waals surface area (Å²) in [5.74, 6) is 0.132. The Morgan fingerprint density at radius 1 is 1.35 bits per heavy atom. The van der Waals surface area contributed by atoms with Gasteiger partial charge in [-0.1, -0.05) is 19.9 Å². The topological polar surface area (TPSA) is 56.8 Å². The summed E-state index contributed by atoms with van der Waals surface area (Å²) >= 11 is 1.51. The maximum Gasteiger partial charge on any atom is 0.304 e. The normalized spacial score (nSPS) is 26.9. The third kappa shape index (κ3) is 4.25. The van der Waals surface area contributed by atoms with Gasteiger partial charge in [0, 0.05) is 43.7 Å². The van der Waals surface area contributed by atoms with Crippen LogP contribution in [0.1, 0.15) is 44.9 Å². The van der Waals surface area contributed by atoms with E-state index in [2.05, 4.69) is 35.4 Å². The highest BCUT2D eigenvalue weighted by Crippen LogP contribution is 2.44. The van der Waals surface area contributed by atoms with E-state index in [0.717, 1.165) is 19.5 Å². The van der Waals surface area contributed by atoms with Gasteiger partial charge in [-0.2, -0.15) is 17.1 Å². The number of hydrogen-bond acceptors (Lipinski definition) is 5. The first-order valence-electron chi connectivity index (χ1n) is 10.8. The molecule has 0 saturated carbocycles. The van der Waals surface area contributed by atoms with Gasteiger partial charge in [-0.15, -0.1) is 0 Å². The summed E-state index contributed by atoms with van der Waals surface area (Å²) in [7, 11) is -2.07. The van der Waals surface area contributed by atoms with E-state index >= 15 is 0 Å². The fourth-order valence-corrected chi connectivity index (χ4v) is 7.54. The minimum absolute atomic E-state index is 0.193. The van der Waals surface area contributed by atoms with Crippen molar-refractivity contribution >= 4 is 27.4 Å². The van der Waals surface area contributed by atoms with Crippen LogP contribution in [0.4, 0.5) is 10.1 Å². The molecule has 2 aromatic rings. The molecule has 2 atom stereocenters. The SMILES string of the molecule is CC(C)Cc1nscc1CN1CC[C@@]2(C[C@@H]1C)CN(C)S(=O)(=O)N2c1cccc(F)c1. The Balaban J connectivity index is 1.58. The second-order valence-electron chi connectivity index (χ2n) is 9.39. The number of nitrogens with zero attached hydrogens (tertiary/aromatic N) is 4. The molecule has 31 heavy (non-hydrogen) atoms. The van der Waals surface area contributed by atoms with Crippen molar-refractivity contribution in [1.29, 1.82) is 0 Å². The van der Waals surface area contributed by atoms with Gasteiger partial charge in [0.1, 0.15) is 5.82 Å². The average Bonchev–Trinajstić information content (AvgIpc) is 3.17. The van der Waals surface area contributed by atoms with Crippen LogP contribution in [0.25, 0.3) is 0 Å². The van der Waals surface area contributed by atoms with Gasteiger partial charge in [-0.3, -0.25) is 9.21 Å². The number of likely N-dealkylation sites (tertiary alicyclic amines) is 1. The van der Waals surface area contributed by atoms with E-state index in [4.69, 9.17) is 0 Å². The largest absolute Gasteiger partial charge is 0.304 e. The van der Waals surface area contributed by atoms with Crippen molar-refractivity contribution in [2.45, 2.75) is 58.2 Å². The van der Waals surface area contributed by atoms with Crippen LogP contribution in [-0.2, 0) is 23.2 Å². The number of anilines is 1. The van der Waals surface area contributed by atoms with E-state index in [-0.39, 0.29) is 6.04 Å². The van der Waals surface area contributed by atoms with Gasteiger partial charge >= 0.3 is 10.2 Å². The van der Waals surface area contributed by atoms with Gasteiger partial charge in [0.15, 0.2) is 0 Å². The minimum Gasteiger partial charge on any atom is -0.296 e. The molecule has 2 fully saturated rings. The smallest absolute Gasteiger partial charge is 0.296 e. The van der Waals surface area contributed by atoms with Gasteiger partial charge in [0.2, 0.25) is 0 Å². The Morgan fingerprint density at radius 2 is 2.13 bits per heavy atom. The van der Waals surface area contributed by atoms with Crippen molar-refractivity contribution in [2.24, 2.45) is 5.92 Å². The molecule has 0 bridgehead atoms. The number of likely N-dealkylation sites (N-methyl/N-ethyl adjacent to an activating group) is 1. The molecule has 1 spiro atoms. The maximum absolute atomic E-state index is 14.0. The van der Waals surface area contributed by atoms with Gasteiger partial charge in [0.05, 0.1) is 16.9 Å². The Bertz CT molecular complexity index is 1040. The summed E-state index contributed by atoms with van der Waals surface area (Å²) in [6, 6.07) is 6.12. The Labute approximate surface area is 189 Å². The fraction of sp³-hybridized carbons (Fsp3) is 0.591. The zero-order valence-electron chi connectivity index (χ0n) is 18.6. The van der Waals surface area contributed by atoms with Crippen molar-refractivity contribution < 1.29 is 12.8 Å². The molecule has 0 unspecified atom stereocenters. The van der Waals surface area contributed by atoms with Crippen molar-refractivity contribution in [3.05, 3.63) is 46.7 Å². The predicted molar refractivity (Wildman–Crippen MR) is 123 cm³/mol. The first kappa shape index (κ1) is 22.6. The number of aromatic nitrogens is 1. The molecule has 0 amide bonds. The van der Waals surface area contributed by atoms with E-state index in [1.54, 1.807) is 19.2 Å². The van der Waals surface area contributed by atoms with Crippen LogP contribution in [0.3, 0.4) is 0 Å². The lowest BCUT2D eigenvalue weighted by Gasteiger charge is -2.47. The zero-order valence-corrected chi connectivity index (χ0v) is 20.2. The van der Waals surface area contributed by atoms with E-state index in [1.165, 1.54) is 43.5 Å². The quantitative estimate of drug-likeness (QED) is 0.671. The van der Waals surface area contributed by atoms with Crippen molar-refractivity contribution in [3.8, 4) is 0 Å². The molecule has 2 aliphatic heterocycles. The molecule has 6 nitrogen and oxygen atoms in total. The molecule has 9 heteroatoms. The van der Waals surface area contributed by atoms with Crippen LogP contribution in [0, 0.1) is 11.7 Å². The lowest BCUT2D eigenvalue weighted by molar-refractivity contribution is 0.100. The van der Waals surface area contributed by atoms with E-state index in [0.29, 0.717) is 31.0 Å². The molecule has 2 aliphatic rings. The predicted octanol–water partition coefficient (Wildman–Crippen LogP) is 3.90. The lowest BCUT2D eigenvalue weighted by atomic mass is 9.82. The van der Waals surface area contributed by atoms with Crippen LogP contribution in [0.5, 0.6) is 0 Å². The van der Waals surface area contributed by atoms with Crippen LogP contribution in [-0.4, -0.2) is 53.7 Å². The van der Waals surface area contributed by atoms with Gasteiger partial charge < -0.3 is 0 Å². The maximum atomic E-state index is 14.0. The molecule has 0 radical (unpaired) electrons. The van der Waals surface area contributed by atoms with Crippen molar-refractivity contribution in [1.82, 2.24) is 13.6 Å². The van der Waals surface area contributed by atoms with Crippen molar-refractivity contribution in [2.75, 3.05) is 24.4 Å². The molecule has 170 valence electrons. The summed E-state index contributed by atoms with van der Waals surface area (Å²) in [5.41, 5.74) is 2.30. The van der Waals surface area contributed by atoms with E-state index in [1.807, 2.05) is 0 Å². The summed E-state index contributed by atoms with van der Waals surface area (Å²) in [6.07, 6.45) is 2.38. The molecule has 0 aliphatic carbocycles. The standard InChI is InChI=1S/C22H31FN4O2S2/c1-16(2)10-21-18(14-30-24-21)13-26-9-8-22(12-17(26)3)15-25(4)31(28,29)27(22)20-7-5-6-19(23)11-20/h5-7,11,14,16-17H,8-10,12-13,15H2,1-4H3/t17-,22+/m0/s1. The monoisotopic (exact) mass is 466 g/mol. The molecule has 4 rings (SSSR count). The van der Waals surface area contributed by atoms with E-state index in [9.17, 15) is 12.8 Å². The average molecular weight is 467 g/mol. The van der Waals surface area contributed by atoms with Crippen LogP contribution < -0.4 is 4.31 Å². The first-order chi connectivity index (χ1) is 14.6. The molecule has 1 aromatic carbocycles. The van der Waals surface area contributed by atoms with Crippen LogP contribution in [0.15, 0.2) is 29.6 Å². The second kappa shape index (κ2) is 8.42. The molecule has 0 N–H and O–H groups in total. The van der Waals surface area contributed by atoms with E-state index < -0.39 is 21.6 Å². The van der Waals surface area contributed by atoms with Gasteiger partial charge in [-0.25, -0.2) is 4.39 Å². The van der Waals surface area contributed by atoms with Crippen LogP contribution >= 0.6 is 11.5 Å². The number of halogens is 1. The highest BCUT2D eigenvalue weighted by Gasteiger charge is 2.55. The second-order valence-corrected chi connectivity index (χ2v) is 11.9. The number of rotatable bonds is 5. The molecule has 3 heterocycles. The zero-order chi connectivity index (χ0) is 22.4. The minimum atomic E-state index is -3.68. The third-order valence-corrected chi connectivity index (χ3v) is 9.17. The third-order valence-electron chi connectivity index (χ3n) is 6.48. The fourth-order valence-electron chi connectivity index (χ4n) is 5.05. The molecular formula is C22H31FN4O2S2. The molecule has 1 aromatic heterocycles. The number of hydrogen-bond donors (Lipinski definition) is 0. The summed E-state index contributed by atoms with van der Waals surface area (Å²) in [5, 5.41) is 2.14. The number of piperidine rings is 1. The Hall–Kier alpha value is -1.55. The van der Waals surface area contributed by atoms with Gasteiger partial charge in [-0.05, 0) is 61.8 Å². The summed E-state index contributed by atoms with van der Waals surface area (Å²) in [4.78, 5) is 2.42. The lowest BCUT2D eigenvalue weighted by Crippen LogP contribution is -2.57. The molecule has 2 saturated heterocycles. The highest BCUT2D eigenvalue weighted by molar-refractivity contribution is 7.90. The van der Waals surface area contributed by atoms with Gasteiger partial charge in [0.25, 0.3) is 0 Å². The van der Waals surface area contributed by atoms with Crippen LogP contribution in [0.2, 0.25) is 0 Å². The highest BCUT2D eigenvalue weighted by atomic mass is 32.2. The first-order valence-corrected chi connectivity index (χ1v) is 13.0. The Kier molecular flexibility index (Phi) is 6.15.